The van der Waals surface area contributed by atoms with Gasteiger partial charge in [-0.15, -0.1) is 0 Å². The molecule has 1 heterocycles. The van der Waals surface area contributed by atoms with Crippen molar-refractivity contribution in [2.45, 2.75) is 13.5 Å². The summed E-state index contributed by atoms with van der Waals surface area (Å²) in [5, 5.41) is 8.76. The second-order valence-corrected chi connectivity index (χ2v) is 3.82. The molecule has 1 aromatic heterocycles. The van der Waals surface area contributed by atoms with Gasteiger partial charge in [0.25, 0.3) is 0 Å². The molecule has 17 heavy (non-hydrogen) atoms. The zero-order valence-electron chi connectivity index (χ0n) is 9.30. The number of benzene rings is 1. The second-order valence-electron chi connectivity index (χ2n) is 3.82. The molecule has 0 saturated heterocycles. The van der Waals surface area contributed by atoms with Gasteiger partial charge in [0, 0.05) is 11.9 Å². The standard InChI is InChI=1S/C12H12N2O3/c1-8-6-13-12(17)14(8)7-9-2-4-10(5-3-9)11(15)16/h2-6H,7H2,1H3,(H,13,17)(H,15,16). The molecule has 0 fully saturated rings. The van der Waals surface area contributed by atoms with E-state index in [4.69, 9.17) is 5.11 Å². The molecule has 0 radical (unpaired) electrons. The second kappa shape index (κ2) is 4.29. The minimum absolute atomic E-state index is 0.162. The molecule has 0 aliphatic heterocycles. The fraction of sp³-hybridized carbons (Fsp3) is 0.167. The summed E-state index contributed by atoms with van der Waals surface area (Å²) in [7, 11) is 0. The summed E-state index contributed by atoms with van der Waals surface area (Å²) in [5.74, 6) is -0.952. The lowest BCUT2D eigenvalue weighted by Crippen LogP contribution is -2.18. The lowest BCUT2D eigenvalue weighted by Gasteiger charge is -2.04. The number of rotatable bonds is 3. The first kappa shape index (κ1) is 11.2. The SMILES string of the molecule is Cc1c[nH]c(=O)n1Cc1ccc(C(=O)O)cc1. The van der Waals surface area contributed by atoms with E-state index >= 15 is 0 Å². The minimum atomic E-state index is -0.952. The maximum atomic E-state index is 11.4. The largest absolute Gasteiger partial charge is 0.478 e. The lowest BCUT2D eigenvalue weighted by atomic mass is 10.1. The lowest BCUT2D eigenvalue weighted by molar-refractivity contribution is 0.0697. The quantitative estimate of drug-likeness (QED) is 0.835. The average Bonchev–Trinajstić information content (AvgIpc) is 2.61. The summed E-state index contributed by atoms with van der Waals surface area (Å²) in [5.41, 5.74) is 1.81. The molecule has 2 aromatic rings. The average molecular weight is 232 g/mol. The molecule has 0 aliphatic rings. The number of carbonyl (C=O) groups is 1. The Hall–Kier alpha value is -2.30. The number of aromatic amines is 1. The molecule has 0 unspecified atom stereocenters. The molecule has 1 aromatic carbocycles. The molecule has 5 heteroatoms. The Bertz CT molecular complexity index is 593. The van der Waals surface area contributed by atoms with Gasteiger partial charge in [0.15, 0.2) is 0 Å². The fourth-order valence-corrected chi connectivity index (χ4v) is 1.61. The van der Waals surface area contributed by atoms with E-state index in [0.717, 1.165) is 11.3 Å². The number of aromatic carboxylic acids is 1. The van der Waals surface area contributed by atoms with Crippen molar-refractivity contribution in [2.75, 3.05) is 0 Å². The highest BCUT2D eigenvalue weighted by molar-refractivity contribution is 5.87. The first-order chi connectivity index (χ1) is 8.08. The van der Waals surface area contributed by atoms with E-state index in [9.17, 15) is 9.59 Å². The maximum Gasteiger partial charge on any atom is 0.335 e. The number of nitrogens with one attached hydrogen (secondary N) is 1. The van der Waals surface area contributed by atoms with E-state index < -0.39 is 5.97 Å². The van der Waals surface area contributed by atoms with Gasteiger partial charge >= 0.3 is 11.7 Å². The highest BCUT2D eigenvalue weighted by atomic mass is 16.4. The van der Waals surface area contributed by atoms with E-state index in [1.54, 1.807) is 22.9 Å². The van der Waals surface area contributed by atoms with Crippen LogP contribution in [0.15, 0.2) is 35.3 Å². The molecule has 0 aliphatic carbocycles. The predicted molar refractivity (Wildman–Crippen MR) is 62.3 cm³/mol. The monoisotopic (exact) mass is 232 g/mol. The number of imidazole rings is 1. The van der Waals surface area contributed by atoms with Gasteiger partial charge in [-0.2, -0.15) is 0 Å². The van der Waals surface area contributed by atoms with Crippen LogP contribution in [0.1, 0.15) is 21.6 Å². The predicted octanol–water partition coefficient (Wildman–Crippen LogP) is 1.23. The minimum Gasteiger partial charge on any atom is -0.478 e. The summed E-state index contributed by atoms with van der Waals surface area (Å²) in [6.45, 7) is 2.28. The van der Waals surface area contributed by atoms with E-state index in [0.29, 0.717) is 6.54 Å². The number of H-pyrrole nitrogens is 1. The van der Waals surface area contributed by atoms with Crippen molar-refractivity contribution in [1.29, 1.82) is 0 Å². The first-order valence-electron chi connectivity index (χ1n) is 5.15. The third-order valence-corrected chi connectivity index (χ3v) is 2.62. The van der Waals surface area contributed by atoms with Crippen LogP contribution in [0, 0.1) is 6.92 Å². The highest BCUT2D eigenvalue weighted by Gasteiger charge is 2.05. The zero-order valence-corrected chi connectivity index (χ0v) is 9.30. The number of aryl methyl sites for hydroxylation is 1. The highest BCUT2D eigenvalue weighted by Crippen LogP contribution is 2.06. The Morgan fingerprint density at radius 2 is 2.00 bits per heavy atom. The Kier molecular flexibility index (Phi) is 2.82. The van der Waals surface area contributed by atoms with Gasteiger partial charge in [0.1, 0.15) is 0 Å². The van der Waals surface area contributed by atoms with Crippen LogP contribution in [0.5, 0.6) is 0 Å². The van der Waals surface area contributed by atoms with Gasteiger partial charge < -0.3 is 10.1 Å². The molecule has 0 spiro atoms. The number of carboxylic acid groups (broad SMARTS) is 1. The molecule has 0 atom stereocenters. The van der Waals surface area contributed by atoms with E-state index in [-0.39, 0.29) is 11.3 Å². The molecular formula is C12H12N2O3. The van der Waals surface area contributed by atoms with Crippen molar-refractivity contribution in [3.05, 3.63) is 57.8 Å². The molecule has 2 N–H and O–H groups in total. The van der Waals surface area contributed by atoms with Crippen molar-refractivity contribution in [3.8, 4) is 0 Å². The molecule has 2 rings (SSSR count). The van der Waals surface area contributed by atoms with Gasteiger partial charge in [-0.3, -0.25) is 4.57 Å². The van der Waals surface area contributed by atoms with Crippen molar-refractivity contribution < 1.29 is 9.90 Å². The number of hydrogen-bond donors (Lipinski definition) is 2. The summed E-state index contributed by atoms with van der Waals surface area (Å²) in [6, 6.07) is 6.49. The topological polar surface area (TPSA) is 75.1 Å². The summed E-state index contributed by atoms with van der Waals surface area (Å²) in [6.07, 6.45) is 1.65. The number of aromatic nitrogens is 2. The molecule has 0 saturated carbocycles. The van der Waals surface area contributed by atoms with Crippen molar-refractivity contribution in [2.24, 2.45) is 0 Å². The number of nitrogens with zero attached hydrogens (tertiary/aromatic N) is 1. The molecular weight excluding hydrogens is 220 g/mol. The van der Waals surface area contributed by atoms with Crippen molar-refractivity contribution in [3.63, 3.8) is 0 Å². The molecule has 88 valence electrons. The first-order valence-corrected chi connectivity index (χ1v) is 5.15. The third kappa shape index (κ3) is 2.28. The Labute approximate surface area is 97.3 Å². The zero-order chi connectivity index (χ0) is 12.4. The Morgan fingerprint density at radius 3 is 2.47 bits per heavy atom. The number of carboxylic acids is 1. The van der Waals surface area contributed by atoms with Crippen LogP contribution in [0.3, 0.4) is 0 Å². The normalized spacial score (nSPS) is 10.4. The van der Waals surface area contributed by atoms with E-state index in [1.807, 2.05) is 6.92 Å². The van der Waals surface area contributed by atoms with Gasteiger partial charge in [-0.25, -0.2) is 9.59 Å². The van der Waals surface area contributed by atoms with Gasteiger partial charge in [0.05, 0.1) is 12.1 Å². The van der Waals surface area contributed by atoms with Crippen LogP contribution in [-0.2, 0) is 6.54 Å². The van der Waals surface area contributed by atoms with E-state index in [2.05, 4.69) is 4.98 Å². The van der Waals surface area contributed by atoms with Gasteiger partial charge in [0.2, 0.25) is 0 Å². The van der Waals surface area contributed by atoms with E-state index in [1.165, 1.54) is 12.1 Å². The molecule has 0 bridgehead atoms. The smallest absolute Gasteiger partial charge is 0.335 e. The van der Waals surface area contributed by atoms with Crippen LogP contribution in [0.2, 0.25) is 0 Å². The van der Waals surface area contributed by atoms with Gasteiger partial charge in [-0.05, 0) is 24.6 Å². The molecule has 5 nitrogen and oxygen atoms in total. The number of hydrogen-bond acceptors (Lipinski definition) is 2. The molecule has 0 amide bonds. The fourth-order valence-electron chi connectivity index (χ4n) is 1.61. The summed E-state index contributed by atoms with van der Waals surface area (Å²) in [4.78, 5) is 24.7. The van der Waals surface area contributed by atoms with Crippen LogP contribution < -0.4 is 5.69 Å². The summed E-state index contributed by atoms with van der Waals surface area (Å²) >= 11 is 0. The Balaban J connectivity index is 2.25. The summed E-state index contributed by atoms with van der Waals surface area (Å²) < 4.78 is 1.59. The Morgan fingerprint density at radius 1 is 1.35 bits per heavy atom. The van der Waals surface area contributed by atoms with Crippen LogP contribution in [-0.4, -0.2) is 20.6 Å². The van der Waals surface area contributed by atoms with Gasteiger partial charge in [-0.1, -0.05) is 12.1 Å². The third-order valence-electron chi connectivity index (χ3n) is 2.62. The maximum absolute atomic E-state index is 11.4. The van der Waals surface area contributed by atoms with Crippen LogP contribution >= 0.6 is 0 Å². The van der Waals surface area contributed by atoms with Crippen molar-refractivity contribution in [1.82, 2.24) is 9.55 Å². The van der Waals surface area contributed by atoms with Crippen molar-refractivity contribution >= 4 is 5.97 Å². The van der Waals surface area contributed by atoms with Crippen LogP contribution in [0.25, 0.3) is 0 Å². The van der Waals surface area contributed by atoms with Crippen LogP contribution in [0.4, 0.5) is 0 Å².